The van der Waals surface area contributed by atoms with Gasteiger partial charge < -0.3 is 4.90 Å². The molecule has 1 amide bonds. The average Bonchev–Trinajstić information content (AvgIpc) is 2.33. The molecule has 1 heterocycles. The summed E-state index contributed by atoms with van der Waals surface area (Å²) >= 11 is 0. The molecule has 0 N–H and O–H groups in total. The van der Waals surface area contributed by atoms with E-state index in [1.807, 2.05) is 4.90 Å². The number of piperidine rings is 1. The molecular weight excluding hydrogens is 217 g/mol. The van der Waals surface area contributed by atoms with Crippen molar-refractivity contribution in [3.8, 4) is 0 Å². The fourth-order valence-electron chi connectivity index (χ4n) is 2.22. The Morgan fingerprint density at radius 2 is 1.88 bits per heavy atom. The van der Waals surface area contributed by atoms with E-state index in [0.29, 0.717) is 17.4 Å². The third-order valence-corrected chi connectivity index (χ3v) is 3.71. The number of carbonyl (C=O) groups excluding carboxylic acids is 1. The second-order valence-corrected chi connectivity index (χ2v) is 5.00. The van der Waals surface area contributed by atoms with Crippen LogP contribution in [0.3, 0.4) is 0 Å². The number of halogens is 1. The Hall–Kier alpha value is -1.38. The number of likely N-dealkylation sites (tertiary alicyclic amines) is 1. The SMILES string of the molecule is CC1CCN(C(=O)c2ccc(F)cc2)CC1C. The van der Waals surface area contributed by atoms with E-state index in [-0.39, 0.29) is 11.7 Å². The molecule has 92 valence electrons. The molecule has 1 aliphatic rings. The van der Waals surface area contributed by atoms with E-state index in [4.69, 9.17) is 0 Å². The van der Waals surface area contributed by atoms with Crippen LogP contribution in [0.5, 0.6) is 0 Å². The fraction of sp³-hybridized carbons (Fsp3) is 0.500. The molecule has 3 heteroatoms. The highest BCUT2D eigenvalue weighted by molar-refractivity contribution is 5.94. The summed E-state index contributed by atoms with van der Waals surface area (Å²) in [6, 6.07) is 5.78. The predicted molar refractivity (Wildman–Crippen MR) is 65.2 cm³/mol. The maximum atomic E-state index is 12.8. The molecule has 0 spiro atoms. The average molecular weight is 235 g/mol. The van der Waals surface area contributed by atoms with Crippen LogP contribution in [0.1, 0.15) is 30.6 Å². The van der Waals surface area contributed by atoms with Crippen LogP contribution < -0.4 is 0 Å². The van der Waals surface area contributed by atoms with Crippen molar-refractivity contribution < 1.29 is 9.18 Å². The molecule has 1 aliphatic heterocycles. The lowest BCUT2D eigenvalue weighted by atomic mass is 9.88. The van der Waals surface area contributed by atoms with Gasteiger partial charge in [0.1, 0.15) is 5.82 Å². The van der Waals surface area contributed by atoms with Crippen LogP contribution >= 0.6 is 0 Å². The van der Waals surface area contributed by atoms with Gasteiger partial charge in [0.2, 0.25) is 0 Å². The van der Waals surface area contributed by atoms with Gasteiger partial charge in [0, 0.05) is 18.7 Å². The van der Waals surface area contributed by atoms with E-state index in [2.05, 4.69) is 13.8 Å². The lowest BCUT2D eigenvalue weighted by molar-refractivity contribution is 0.0627. The molecular formula is C14H18FNO. The van der Waals surface area contributed by atoms with Gasteiger partial charge in [-0.2, -0.15) is 0 Å². The number of hydrogen-bond acceptors (Lipinski definition) is 1. The van der Waals surface area contributed by atoms with Gasteiger partial charge in [-0.3, -0.25) is 4.79 Å². The van der Waals surface area contributed by atoms with Crippen molar-refractivity contribution in [1.29, 1.82) is 0 Å². The Morgan fingerprint density at radius 3 is 2.47 bits per heavy atom. The van der Waals surface area contributed by atoms with E-state index in [9.17, 15) is 9.18 Å². The smallest absolute Gasteiger partial charge is 0.253 e. The third-order valence-electron chi connectivity index (χ3n) is 3.71. The van der Waals surface area contributed by atoms with Crippen molar-refractivity contribution in [3.63, 3.8) is 0 Å². The number of nitrogens with zero attached hydrogens (tertiary/aromatic N) is 1. The molecule has 1 fully saturated rings. The highest BCUT2D eigenvalue weighted by Gasteiger charge is 2.26. The number of rotatable bonds is 1. The Labute approximate surface area is 101 Å². The summed E-state index contributed by atoms with van der Waals surface area (Å²) in [5.74, 6) is 0.923. The highest BCUT2D eigenvalue weighted by atomic mass is 19.1. The third kappa shape index (κ3) is 2.65. The fourth-order valence-corrected chi connectivity index (χ4v) is 2.22. The van der Waals surface area contributed by atoms with Crippen LogP contribution in [-0.2, 0) is 0 Å². The van der Waals surface area contributed by atoms with Crippen molar-refractivity contribution >= 4 is 5.91 Å². The van der Waals surface area contributed by atoms with Gasteiger partial charge in [-0.05, 0) is 42.5 Å². The van der Waals surface area contributed by atoms with E-state index in [1.54, 1.807) is 12.1 Å². The molecule has 0 saturated carbocycles. The van der Waals surface area contributed by atoms with Gasteiger partial charge in [-0.15, -0.1) is 0 Å². The number of benzene rings is 1. The van der Waals surface area contributed by atoms with Crippen LogP contribution in [0.4, 0.5) is 4.39 Å². The predicted octanol–water partition coefficient (Wildman–Crippen LogP) is 2.94. The number of carbonyl (C=O) groups is 1. The molecule has 0 aliphatic carbocycles. The molecule has 2 nitrogen and oxygen atoms in total. The first kappa shape index (κ1) is 12.1. The lowest BCUT2D eigenvalue weighted by Crippen LogP contribution is -2.42. The largest absolute Gasteiger partial charge is 0.338 e. The Balaban J connectivity index is 2.08. The quantitative estimate of drug-likeness (QED) is 0.733. The van der Waals surface area contributed by atoms with Crippen LogP contribution in [0.15, 0.2) is 24.3 Å². The van der Waals surface area contributed by atoms with Gasteiger partial charge in [-0.25, -0.2) is 4.39 Å². The summed E-state index contributed by atoms with van der Waals surface area (Å²) in [4.78, 5) is 14.0. The minimum atomic E-state index is -0.304. The lowest BCUT2D eigenvalue weighted by Gasteiger charge is -2.35. The zero-order valence-corrected chi connectivity index (χ0v) is 10.3. The molecule has 17 heavy (non-hydrogen) atoms. The molecule has 2 rings (SSSR count). The molecule has 2 atom stereocenters. The summed E-state index contributed by atoms with van der Waals surface area (Å²) in [7, 11) is 0. The maximum Gasteiger partial charge on any atom is 0.253 e. The summed E-state index contributed by atoms with van der Waals surface area (Å²) in [6.07, 6.45) is 1.05. The Bertz CT molecular complexity index is 401. The molecule has 0 bridgehead atoms. The molecule has 2 unspecified atom stereocenters. The second kappa shape index (κ2) is 4.86. The van der Waals surface area contributed by atoms with Gasteiger partial charge in [-0.1, -0.05) is 13.8 Å². The molecule has 1 aromatic rings. The monoisotopic (exact) mass is 235 g/mol. The van der Waals surface area contributed by atoms with Gasteiger partial charge in [0.25, 0.3) is 5.91 Å². The first-order valence-electron chi connectivity index (χ1n) is 6.13. The van der Waals surface area contributed by atoms with E-state index >= 15 is 0 Å². The van der Waals surface area contributed by atoms with Crippen LogP contribution in [0, 0.1) is 17.7 Å². The van der Waals surface area contributed by atoms with Crippen molar-refractivity contribution in [2.45, 2.75) is 20.3 Å². The minimum absolute atomic E-state index is 0.0174. The summed E-state index contributed by atoms with van der Waals surface area (Å²) in [5, 5.41) is 0. The highest BCUT2D eigenvalue weighted by Crippen LogP contribution is 2.23. The standard InChI is InChI=1S/C14H18FNO/c1-10-7-8-16(9-11(10)2)14(17)12-3-5-13(15)6-4-12/h3-6,10-11H,7-9H2,1-2H3. The Morgan fingerprint density at radius 1 is 1.24 bits per heavy atom. The minimum Gasteiger partial charge on any atom is -0.338 e. The zero-order chi connectivity index (χ0) is 12.4. The molecule has 0 aromatic heterocycles. The zero-order valence-electron chi connectivity index (χ0n) is 10.3. The van der Waals surface area contributed by atoms with E-state index < -0.39 is 0 Å². The summed E-state index contributed by atoms with van der Waals surface area (Å²) in [6.45, 7) is 6.01. The first-order valence-corrected chi connectivity index (χ1v) is 6.13. The van der Waals surface area contributed by atoms with Gasteiger partial charge in [0.15, 0.2) is 0 Å². The molecule has 1 saturated heterocycles. The van der Waals surface area contributed by atoms with Gasteiger partial charge in [0.05, 0.1) is 0 Å². The van der Waals surface area contributed by atoms with Crippen LogP contribution in [0.2, 0.25) is 0 Å². The van der Waals surface area contributed by atoms with Crippen LogP contribution in [0.25, 0.3) is 0 Å². The van der Waals surface area contributed by atoms with E-state index in [1.165, 1.54) is 12.1 Å². The molecule has 1 aromatic carbocycles. The van der Waals surface area contributed by atoms with Crippen molar-refractivity contribution in [3.05, 3.63) is 35.6 Å². The Kier molecular flexibility index (Phi) is 3.46. The number of hydrogen-bond donors (Lipinski definition) is 0. The van der Waals surface area contributed by atoms with Crippen LogP contribution in [-0.4, -0.2) is 23.9 Å². The first-order chi connectivity index (χ1) is 8.08. The molecule has 0 radical (unpaired) electrons. The summed E-state index contributed by atoms with van der Waals surface area (Å²) in [5.41, 5.74) is 0.577. The summed E-state index contributed by atoms with van der Waals surface area (Å²) < 4.78 is 12.8. The van der Waals surface area contributed by atoms with Crippen molar-refractivity contribution in [2.75, 3.05) is 13.1 Å². The van der Waals surface area contributed by atoms with Crippen molar-refractivity contribution in [1.82, 2.24) is 4.90 Å². The second-order valence-electron chi connectivity index (χ2n) is 5.00. The van der Waals surface area contributed by atoms with Crippen molar-refractivity contribution in [2.24, 2.45) is 11.8 Å². The topological polar surface area (TPSA) is 20.3 Å². The van der Waals surface area contributed by atoms with E-state index in [0.717, 1.165) is 19.5 Å². The number of amides is 1. The normalized spacial score (nSPS) is 24.8. The van der Waals surface area contributed by atoms with Gasteiger partial charge >= 0.3 is 0 Å². The maximum absolute atomic E-state index is 12.8.